The van der Waals surface area contributed by atoms with E-state index in [1.807, 2.05) is 56.6 Å². The van der Waals surface area contributed by atoms with Crippen LogP contribution in [0.2, 0.25) is 0 Å². The number of fused-ring (bicyclic) bond motifs is 2. The standard InChI is InChI=1S/C30H29N5O4/c1-19(36)35(14-4-13-34(2)3)23-9-7-22(8-10-23)32-29(21-6-12-26-27(16-21)39-18-38-26)28-24-11-5-20(17-31)15-25(24)33-30(28)37/h5-12,15-16,32H,4,13-14,18H2,1-3H3,(H,33,37). The molecule has 0 aromatic heterocycles. The predicted octanol–water partition coefficient (Wildman–Crippen LogP) is 4.52. The Morgan fingerprint density at radius 2 is 1.79 bits per heavy atom. The van der Waals surface area contributed by atoms with Gasteiger partial charge in [0.25, 0.3) is 5.91 Å². The van der Waals surface area contributed by atoms with Crippen LogP contribution in [0.15, 0.2) is 60.7 Å². The van der Waals surface area contributed by atoms with E-state index < -0.39 is 0 Å². The summed E-state index contributed by atoms with van der Waals surface area (Å²) in [5.74, 6) is 0.936. The summed E-state index contributed by atoms with van der Waals surface area (Å²) in [4.78, 5) is 29.4. The van der Waals surface area contributed by atoms with E-state index in [9.17, 15) is 14.9 Å². The lowest BCUT2D eigenvalue weighted by Crippen LogP contribution is -2.31. The number of benzene rings is 3. The van der Waals surface area contributed by atoms with Crippen molar-refractivity contribution < 1.29 is 19.1 Å². The molecule has 0 atom stereocenters. The normalized spacial score (nSPS) is 14.5. The van der Waals surface area contributed by atoms with Crippen LogP contribution < -0.4 is 25.0 Å². The lowest BCUT2D eigenvalue weighted by Gasteiger charge is -2.23. The van der Waals surface area contributed by atoms with Gasteiger partial charge in [-0.1, -0.05) is 6.07 Å². The zero-order valence-electron chi connectivity index (χ0n) is 22.1. The summed E-state index contributed by atoms with van der Waals surface area (Å²) in [5, 5.41) is 15.6. The maximum Gasteiger partial charge on any atom is 0.258 e. The predicted molar refractivity (Wildman–Crippen MR) is 150 cm³/mol. The molecule has 9 nitrogen and oxygen atoms in total. The molecule has 9 heteroatoms. The van der Waals surface area contributed by atoms with Crippen molar-refractivity contribution in [2.24, 2.45) is 0 Å². The van der Waals surface area contributed by atoms with E-state index in [1.54, 1.807) is 30.0 Å². The van der Waals surface area contributed by atoms with Gasteiger partial charge in [-0.15, -0.1) is 0 Å². The van der Waals surface area contributed by atoms with Crippen LogP contribution in [0.5, 0.6) is 11.5 Å². The first-order valence-corrected chi connectivity index (χ1v) is 12.6. The van der Waals surface area contributed by atoms with Crippen LogP contribution in [0.4, 0.5) is 17.1 Å². The summed E-state index contributed by atoms with van der Waals surface area (Å²) in [5.41, 5.74) is 5.05. The number of amides is 2. The Morgan fingerprint density at radius 3 is 2.51 bits per heavy atom. The smallest absolute Gasteiger partial charge is 0.258 e. The van der Waals surface area contributed by atoms with Crippen molar-refractivity contribution in [1.82, 2.24) is 4.90 Å². The molecule has 39 heavy (non-hydrogen) atoms. The lowest BCUT2D eigenvalue weighted by atomic mass is 9.98. The number of ether oxygens (including phenoxy) is 2. The molecule has 0 saturated carbocycles. The highest BCUT2D eigenvalue weighted by atomic mass is 16.7. The van der Waals surface area contributed by atoms with Gasteiger partial charge in [0.15, 0.2) is 11.5 Å². The number of carbonyl (C=O) groups is 2. The summed E-state index contributed by atoms with van der Waals surface area (Å²) in [6.45, 7) is 3.21. The van der Waals surface area contributed by atoms with Gasteiger partial charge >= 0.3 is 0 Å². The van der Waals surface area contributed by atoms with Crippen LogP contribution in [0.25, 0.3) is 11.3 Å². The number of nitrogens with zero attached hydrogens (tertiary/aromatic N) is 3. The van der Waals surface area contributed by atoms with E-state index in [0.717, 1.165) is 29.9 Å². The average Bonchev–Trinajstić information content (AvgIpc) is 3.52. The number of anilines is 3. The van der Waals surface area contributed by atoms with E-state index in [4.69, 9.17) is 9.47 Å². The molecule has 2 amide bonds. The third-order valence-electron chi connectivity index (χ3n) is 6.62. The molecule has 3 aromatic rings. The number of hydrogen-bond acceptors (Lipinski definition) is 7. The number of carbonyl (C=O) groups excluding carboxylic acids is 2. The summed E-state index contributed by atoms with van der Waals surface area (Å²) >= 11 is 0. The van der Waals surface area contributed by atoms with Crippen molar-refractivity contribution >= 4 is 40.1 Å². The van der Waals surface area contributed by atoms with Gasteiger partial charge in [-0.2, -0.15) is 5.26 Å². The van der Waals surface area contributed by atoms with Gasteiger partial charge in [0, 0.05) is 36.0 Å². The highest BCUT2D eigenvalue weighted by Gasteiger charge is 2.29. The Kier molecular flexibility index (Phi) is 7.21. The highest BCUT2D eigenvalue weighted by molar-refractivity contribution is 6.37. The van der Waals surface area contributed by atoms with Gasteiger partial charge in [0.05, 0.1) is 28.6 Å². The molecular weight excluding hydrogens is 494 g/mol. The fourth-order valence-electron chi connectivity index (χ4n) is 4.70. The summed E-state index contributed by atoms with van der Waals surface area (Å²) in [6.07, 6.45) is 0.856. The molecule has 3 aromatic carbocycles. The quantitative estimate of drug-likeness (QED) is 0.418. The van der Waals surface area contributed by atoms with Crippen LogP contribution in [0, 0.1) is 11.3 Å². The minimum absolute atomic E-state index is 0.0198. The molecule has 2 N–H and O–H groups in total. The van der Waals surface area contributed by atoms with Crippen molar-refractivity contribution in [3.05, 3.63) is 77.4 Å². The van der Waals surface area contributed by atoms with Gasteiger partial charge in [0.2, 0.25) is 12.7 Å². The molecule has 2 heterocycles. The van der Waals surface area contributed by atoms with Crippen LogP contribution in [-0.2, 0) is 9.59 Å². The number of nitriles is 1. The Bertz CT molecular complexity index is 1500. The number of hydrogen-bond donors (Lipinski definition) is 2. The molecule has 5 rings (SSSR count). The molecule has 198 valence electrons. The Balaban J connectivity index is 1.51. The minimum Gasteiger partial charge on any atom is -0.454 e. The third-order valence-corrected chi connectivity index (χ3v) is 6.62. The number of rotatable bonds is 8. The van der Waals surface area contributed by atoms with Crippen LogP contribution in [-0.4, -0.2) is 50.7 Å². The second kappa shape index (κ2) is 10.9. The Hall–Kier alpha value is -4.81. The Morgan fingerprint density at radius 1 is 1.03 bits per heavy atom. The van der Waals surface area contributed by atoms with E-state index >= 15 is 0 Å². The fourth-order valence-corrected chi connectivity index (χ4v) is 4.70. The van der Waals surface area contributed by atoms with E-state index in [0.29, 0.717) is 46.1 Å². The molecule has 0 aliphatic carbocycles. The van der Waals surface area contributed by atoms with E-state index in [2.05, 4.69) is 21.6 Å². The number of nitrogens with one attached hydrogen (secondary N) is 2. The molecule has 0 saturated heterocycles. The summed E-state index contributed by atoms with van der Waals surface area (Å²) in [7, 11) is 4.02. The van der Waals surface area contributed by atoms with Crippen molar-refractivity contribution in [2.45, 2.75) is 13.3 Å². The van der Waals surface area contributed by atoms with Gasteiger partial charge in [-0.05, 0) is 81.7 Å². The zero-order valence-corrected chi connectivity index (χ0v) is 22.1. The molecule has 2 aliphatic heterocycles. The summed E-state index contributed by atoms with van der Waals surface area (Å²) < 4.78 is 11.1. The van der Waals surface area contributed by atoms with E-state index in [-0.39, 0.29) is 18.6 Å². The van der Waals surface area contributed by atoms with Crippen LogP contribution in [0.1, 0.15) is 30.0 Å². The molecule has 0 radical (unpaired) electrons. The molecular formula is C30H29N5O4. The first-order valence-electron chi connectivity index (χ1n) is 12.6. The second-order valence-electron chi connectivity index (χ2n) is 9.64. The first-order chi connectivity index (χ1) is 18.8. The maximum absolute atomic E-state index is 13.2. The molecule has 0 bridgehead atoms. The molecule has 0 spiro atoms. The maximum atomic E-state index is 13.2. The third kappa shape index (κ3) is 5.42. The Labute approximate surface area is 227 Å². The van der Waals surface area contributed by atoms with Crippen molar-refractivity contribution in [1.29, 1.82) is 5.26 Å². The summed E-state index contributed by atoms with van der Waals surface area (Å²) in [6, 6.07) is 20.3. The largest absolute Gasteiger partial charge is 0.454 e. The van der Waals surface area contributed by atoms with E-state index in [1.165, 1.54) is 0 Å². The van der Waals surface area contributed by atoms with Crippen LogP contribution >= 0.6 is 0 Å². The second-order valence-corrected chi connectivity index (χ2v) is 9.64. The monoisotopic (exact) mass is 523 g/mol. The van der Waals surface area contributed by atoms with Crippen LogP contribution in [0.3, 0.4) is 0 Å². The molecule has 0 fully saturated rings. The topological polar surface area (TPSA) is 107 Å². The molecule has 2 aliphatic rings. The van der Waals surface area contributed by atoms with Gasteiger partial charge in [0.1, 0.15) is 0 Å². The van der Waals surface area contributed by atoms with Crippen molar-refractivity contribution in [2.75, 3.05) is 49.5 Å². The molecule has 0 unspecified atom stereocenters. The zero-order chi connectivity index (χ0) is 27.5. The van der Waals surface area contributed by atoms with Gasteiger partial charge in [-0.25, -0.2) is 0 Å². The minimum atomic E-state index is -0.277. The lowest BCUT2D eigenvalue weighted by molar-refractivity contribution is -0.116. The highest BCUT2D eigenvalue weighted by Crippen LogP contribution is 2.41. The van der Waals surface area contributed by atoms with Crippen molar-refractivity contribution in [3.63, 3.8) is 0 Å². The SMILES string of the molecule is CC(=O)N(CCCN(C)C)c1ccc(NC(=C2C(=O)Nc3cc(C#N)ccc32)c2ccc3c(c2)OCO3)cc1. The fraction of sp³-hybridized carbons (Fsp3) is 0.233. The van der Waals surface area contributed by atoms with Gasteiger partial charge in [-0.3, -0.25) is 9.59 Å². The first kappa shape index (κ1) is 25.8. The average molecular weight is 524 g/mol. The van der Waals surface area contributed by atoms with Crippen molar-refractivity contribution in [3.8, 4) is 17.6 Å². The van der Waals surface area contributed by atoms with Gasteiger partial charge < -0.3 is 29.9 Å².